The zero-order valence-corrected chi connectivity index (χ0v) is 21.8. The predicted molar refractivity (Wildman–Crippen MR) is 146 cm³/mol. The highest BCUT2D eigenvalue weighted by Gasteiger charge is 2.29. The summed E-state index contributed by atoms with van der Waals surface area (Å²) in [5, 5.41) is 4.57. The highest BCUT2D eigenvalue weighted by Crippen LogP contribution is 2.35. The minimum absolute atomic E-state index is 0.169. The summed E-state index contributed by atoms with van der Waals surface area (Å²) in [5.41, 5.74) is 4.87. The molecule has 36 heavy (non-hydrogen) atoms. The molecule has 194 valence electrons. The number of nitrogens with one attached hydrogen (secondary N) is 2. The van der Waals surface area contributed by atoms with Crippen molar-refractivity contribution in [1.82, 2.24) is 19.5 Å². The number of aromatic amines is 1. The second-order valence-electron chi connectivity index (χ2n) is 9.92. The van der Waals surface area contributed by atoms with E-state index in [0.29, 0.717) is 25.6 Å². The average Bonchev–Trinajstić information content (AvgIpc) is 3.35. The third kappa shape index (κ3) is 6.18. The summed E-state index contributed by atoms with van der Waals surface area (Å²) in [7, 11) is -3.23. The van der Waals surface area contributed by atoms with Crippen LogP contribution in [-0.4, -0.2) is 87.4 Å². The molecule has 0 aliphatic carbocycles. The molecule has 1 aromatic heterocycles. The molecule has 0 atom stereocenters. The summed E-state index contributed by atoms with van der Waals surface area (Å²) in [6.45, 7) is 7.21. The number of sulfonamides is 1. The Kier molecular flexibility index (Phi) is 8.39. The first-order chi connectivity index (χ1) is 17.6. The van der Waals surface area contributed by atoms with Gasteiger partial charge in [0.15, 0.2) is 0 Å². The van der Waals surface area contributed by atoms with Gasteiger partial charge in [-0.3, -0.25) is 4.90 Å². The van der Waals surface area contributed by atoms with Crippen LogP contribution in [-0.2, 0) is 14.8 Å². The molecule has 2 N–H and O–H groups in total. The van der Waals surface area contributed by atoms with Gasteiger partial charge in [0, 0.05) is 49.8 Å². The Balaban J connectivity index is 1.10. The molecule has 7 nitrogen and oxygen atoms in total. The third-order valence-electron chi connectivity index (χ3n) is 7.58. The van der Waals surface area contributed by atoms with E-state index in [9.17, 15) is 8.42 Å². The molecule has 2 aromatic carbocycles. The molecule has 0 bridgehead atoms. The number of morpholine rings is 1. The third-order valence-corrected chi connectivity index (χ3v) is 9.45. The van der Waals surface area contributed by atoms with Crippen LogP contribution in [0.25, 0.3) is 22.0 Å². The van der Waals surface area contributed by atoms with E-state index >= 15 is 0 Å². The number of benzene rings is 2. The molecule has 0 amide bonds. The molecule has 5 rings (SSSR count). The number of piperidine rings is 1. The summed E-state index contributed by atoms with van der Waals surface area (Å²) >= 11 is 0. The number of ether oxygens (including phenoxy) is 1. The maximum atomic E-state index is 12.9. The van der Waals surface area contributed by atoms with E-state index in [1.54, 1.807) is 4.31 Å². The highest BCUT2D eigenvalue weighted by atomic mass is 32.2. The van der Waals surface area contributed by atoms with Crippen LogP contribution in [0.3, 0.4) is 0 Å². The molecular weight excluding hydrogens is 472 g/mol. The summed E-state index contributed by atoms with van der Waals surface area (Å²) in [4.78, 5) is 5.83. The topological polar surface area (TPSA) is 77.7 Å². The zero-order valence-electron chi connectivity index (χ0n) is 21.0. The van der Waals surface area contributed by atoms with E-state index in [4.69, 9.17) is 4.74 Å². The maximum Gasteiger partial charge on any atom is 0.215 e. The summed E-state index contributed by atoms with van der Waals surface area (Å²) < 4.78 is 32.9. The first kappa shape index (κ1) is 25.4. The fourth-order valence-corrected chi connectivity index (χ4v) is 6.87. The van der Waals surface area contributed by atoms with Crippen molar-refractivity contribution in [1.29, 1.82) is 0 Å². The van der Waals surface area contributed by atoms with Crippen LogP contribution in [0.15, 0.2) is 54.7 Å². The van der Waals surface area contributed by atoms with Crippen molar-refractivity contribution in [3.63, 3.8) is 0 Å². The van der Waals surface area contributed by atoms with Crippen LogP contribution in [0.5, 0.6) is 0 Å². The Morgan fingerprint density at radius 1 is 0.944 bits per heavy atom. The van der Waals surface area contributed by atoms with Crippen LogP contribution in [0.2, 0.25) is 0 Å². The van der Waals surface area contributed by atoms with E-state index in [1.807, 2.05) is 6.07 Å². The van der Waals surface area contributed by atoms with Crippen LogP contribution >= 0.6 is 0 Å². The quantitative estimate of drug-likeness (QED) is 0.407. The van der Waals surface area contributed by atoms with Crippen molar-refractivity contribution in [2.75, 3.05) is 64.8 Å². The first-order valence-corrected chi connectivity index (χ1v) is 14.9. The lowest BCUT2D eigenvalue weighted by molar-refractivity contribution is 0.0375. The fourth-order valence-electron chi connectivity index (χ4n) is 5.44. The second-order valence-corrected chi connectivity index (χ2v) is 12.0. The highest BCUT2D eigenvalue weighted by molar-refractivity contribution is 7.89. The minimum Gasteiger partial charge on any atom is -0.379 e. The maximum absolute atomic E-state index is 12.9. The molecule has 2 aliphatic heterocycles. The smallest absolute Gasteiger partial charge is 0.215 e. The largest absolute Gasteiger partial charge is 0.379 e. The molecule has 3 aromatic rings. The van der Waals surface area contributed by atoms with Gasteiger partial charge in [-0.05, 0) is 67.1 Å². The van der Waals surface area contributed by atoms with Gasteiger partial charge < -0.3 is 15.0 Å². The number of nitrogens with zero attached hydrogens (tertiary/aromatic N) is 2. The van der Waals surface area contributed by atoms with Crippen molar-refractivity contribution in [2.24, 2.45) is 0 Å². The summed E-state index contributed by atoms with van der Waals surface area (Å²) in [6.07, 6.45) is 4.86. The lowest BCUT2D eigenvalue weighted by Gasteiger charge is -2.31. The SMILES string of the molecule is O=S(=O)(CCNCCCN1CCOCC1)N1CCC(c2c[nH]c3ccc(-c4ccccc4)cc23)CC1. The summed E-state index contributed by atoms with van der Waals surface area (Å²) in [5.74, 6) is 0.539. The zero-order chi connectivity index (χ0) is 24.8. The van der Waals surface area contributed by atoms with Crippen LogP contribution in [0.4, 0.5) is 0 Å². The number of aromatic nitrogens is 1. The van der Waals surface area contributed by atoms with Gasteiger partial charge in [0.2, 0.25) is 10.0 Å². The van der Waals surface area contributed by atoms with Gasteiger partial charge in [-0.1, -0.05) is 36.4 Å². The Morgan fingerprint density at radius 3 is 2.50 bits per heavy atom. The van der Waals surface area contributed by atoms with Crippen LogP contribution in [0, 0.1) is 0 Å². The van der Waals surface area contributed by atoms with Gasteiger partial charge in [-0.2, -0.15) is 0 Å². The van der Waals surface area contributed by atoms with Crippen molar-refractivity contribution < 1.29 is 13.2 Å². The molecule has 0 unspecified atom stereocenters. The molecule has 2 aliphatic rings. The van der Waals surface area contributed by atoms with E-state index in [0.717, 1.165) is 64.2 Å². The molecule has 3 heterocycles. The van der Waals surface area contributed by atoms with Crippen LogP contribution in [0.1, 0.15) is 30.7 Å². The number of hydrogen-bond acceptors (Lipinski definition) is 5. The number of hydrogen-bond donors (Lipinski definition) is 2. The molecular formula is C28H38N4O3S. The Morgan fingerprint density at radius 2 is 1.72 bits per heavy atom. The van der Waals surface area contributed by atoms with Crippen molar-refractivity contribution in [3.05, 3.63) is 60.3 Å². The lowest BCUT2D eigenvalue weighted by Crippen LogP contribution is -2.41. The number of H-pyrrole nitrogens is 1. The van der Waals surface area contributed by atoms with E-state index < -0.39 is 10.0 Å². The predicted octanol–water partition coefficient (Wildman–Crippen LogP) is 3.66. The Labute approximate surface area is 214 Å². The fraction of sp³-hybridized carbons (Fsp3) is 0.500. The van der Waals surface area contributed by atoms with E-state index in [2.05, 4.69) is 63.9 Å². The number of fused-ring (bicyclic) bond motifs is 1. The lowest BCUT2D eigenvalue weighted by atomic mass is 9.89. The van der Waals surface area contributed by atoms with Gasteiger partial charge in [0.1, 0.15) is 0 Å². The van der Waals surface area contributed by atoms with Crippen molar-refractivity contribution in [2.45, 2.75) is 25.2 Å². The number of rotatable bonds is 10. The molecule has 2 saturated heterocycles. The average molecular weight is 511 g/mol. The van der Waals surface area contributed by atoms with Gasteiger partial charge in [-0.15, -0.1) is 0 Å². The summed E-state index contributed by atoms with van der Waals surface area (Å²) in [6, 6.07) is 17.0. The Hall–Kier alpha value is -2.23. The standard InChI is InChI=1S/C28H38N4O3S/c33-36(34,20-12-29-11-4-13-31-16-18-35-19-17-31)32-14-9-24(10-15-32)27-22-30-28-8-7-25(21-26(27)28)23-5-2-1-3-6-23/h1-3,5-8,21-22,24,29-30H,4,9-20H2. The molecule has 8 heteroatoms. The second kappa shape index (κ2) is 11.9. The van der Waals surface area contributed by atoms with Crippen LogP contribution < -0.4 is 5.32 Å². The molecule has 0 spiro atoms. The monoisotopic (exact) mass is 510 g/mol. The molecule has 0 saturated carbocycles. The van der Waals surface area contributed by atoms with Gasteiger partial charge in [-0.25, -0.2) is 12.7 Å². The molecule has 0 radical (unpaired) electrons. The van der Waals surface area contributed by atoms with E-state index in [-0.39, 0.29) is 5.75 Å². The van der Waals surface area contributed by atoms with Crippen molar-refractivity contribution in [3.8, 4) is 11.1 Å². The van der Waals surface area contributed by atoms with E-state index in [1.165, 1.54) is 22.1 Å². The Bertz CT molecular complexity index is 1210. The van der Waals surface area contributed by atoms with Gasteiger partial charge in [0.05, 0.1) is 19.0 Å². The normalized spacial score (nSPS) is 18.7. The molecule has 2 fully saturated rings. The first-order valence-electron chi connectivity index (χ1n) is 13.3. The van der Waals surface area contributed by atoms with Gasteiger partial charge in [0.25, 0.3) is 0 Å². The van der Waals surface area contributed by atoms with Crippen molar-refractivity contribution >= 4 is 20.9 Å². The van der Waals surface area contributed by atoms with Gasteiger partial charge >= 0.3 is 0 Å². The minimum atomic E-state index is -3.23.